The number of Topliss-reactive ketones (excluding diaryl/α,β-unsaturated/α-hetero) is 1. The van der Waals surface area contributed by atoms with Crippen LogP contribution in [0.15, 0.2) is 23.6 Å². The van der Waals surface area contributed by atoms with Gasteiger partial charge in [0.2, 0.25) is 0 Å². The van der Waals surface area contributed by atoms with Crippen LogP contribution in [0, 0.1) is 0 Å². The fourth-order valence-electron chi connectivity index (χ4n) is 1.86. The van der Waals surface area contributed by atoms with Crippen LogP contribution < -0.4 is 5.32 Å². The third-order valence-electron chi connectivity index (χ3n) is 2.75. The summed E-state index contributed by atoms with van der Waals surface area (Å²) < 4.78 is 0. The largest absolute Gasteiger partial charge is 0.388 e. The molecule has 0 bridgehead atoms. The van der Waals surface area contributed by atoms with E-state index in [-0.39, 0.29) is 5.78 Å². The van der Waals surface area contributed by atoms with Crippen LogP contribution in [-0.2, 0) is 0 Å². The van der Waals surface area contributed by atoms with Gasteiger partial charge < -0.3 is 5.32 Å². The second-order valence-corrected chi connectivity index (χ2v) is 4.81. The molecule has 0 saturated carbocycles. The summed E-state index contributed by atoms with van der Waals surface area (Å²) >= 11 is 1.85. The molecule has 1 aromatic carbocycles. The minimum atomic E-state index is 0.102. The highest BCUT2D eigenvalue weighted by atomic mass is 32.2. The molecule has 1 aromatic rings. The van der Waals surface area contributed by atoms with E-state index >= 15 is 0 Å². The molecule has 0 saturated heterocycles. The minimum Gasteiger partial charge on any atom is -0.388 e. The highest BCUT2D eigenvalue weighted by molar-refractivity contribution is 8.02. The van der Waals surface area contributed by atoms with E-state index in [1.807, 2.05) is 30.9 Å². The van der Waals surface area contributed by atoms with Crippen molar-refractivity contribution in [3.8, 4) is 0 Å². The molecule has 1 aliphatic rings. The molecule has 2 nitrogen and oxygen atoms in total. The Morgan fingerprint density at radius 2 is 2.25 bits per heavy atom. The third kappa shape index (κ3) is 2.14. The van der Waals surface area contributed by atoms with E-state index in [0.717, 1.165) is 17.7 Å². The Morgan fingerprint density at radius 1 is 1.44 bits per heavy atom. The molecular formula is C13H15NOS. The molecule has 16 heavy (non-hydrogen) atoms. The molecular weight excluding hydrogens is 218 g/mol. The van der Waals surface area contributed by atoms with Gasteiger partial charge in [0, 0.05) is 24.1 Å². The van der Waals surface area contributed by atoms with Crippen LogP contribution in [0.25, 0.3) is 5.57 Å². The smallest absolute Gasteiger partial charge is 0.161 e. The van der Waals surface area contributed by atoms with E-state index < -0.39 is 0 Å². The first kappa shape index (κ1) is 11.3. The molecule has 0 unspecified atom stereocenters. The number of allylic oxidation sites excluding steroid dienone is 1. The van der Waals surface area contributed by atoms with Gasteiger partial charge in [-0.15, -0.1) is 11.8 Å². The van der Waals surface area contributed by atoms with Crippen LogP contribution in [0.2, 0.25) is 0 Å². The lowest BCUT2D eigenvalue weighted by Gasteiger charge is -2.09. The van der Waals surface area contributed by atoms with Crippen LogP contribution in [0.4, 0.5) is 5.69 Å². The molecule has 3 heteroatoms. The van der Waals surface area contributed by atoms with Crippen LogP contribution in [0.3, 0.4) is 0 Å². The van der Waals surface area contributed by atoms with Gasteiger partial charge in [-0.1, -0.05) is 6.07 Å². The molecule has 0 radical (unpaired) electrons. The maximum Gasteiger partial charge on any atom is 0.161 e. The molecule has 0 atom stereocenters. The van der Waals surface area contributed by atoms with Gasteiger partial charge in [-0.05, 0) is 42.0 Å². The Kier molecular flexibility index (Phi) is 3.34. The van der Waals surface area contributed by atoms with Crippen molar-refractivity contribution in [1.29, 1.82) is 0 Å². The van der Waals surface area contributed by atoms with Gasteiger partial charge in [0.1, 0.15) is 0 Å². The minimum absolute atomic E-state index is 0.102. The summed E-state index contributed by atoms with van der Waals surface area (Å²) in [6, 6.07) is 6.01. The number of anilines is 1. The first-order chi connectivity index (χ1) is 7.72. The lowest BCUT2D eigenvalue weighted by atomic mass is 10.0. The summed E-state index contributed by atoms with van der Waals surface area (Å²) in [5.74, 6) is 1.27. The average molecular weight is 233 g/mol. The lowest BCUT2D eigenvalue weighted by Crippen LogP contribution is -2.01. The van der Waals surface area contributed by atoms with Gasteiger partial charge in [0.25, 0.3) is 0 Å². The number of benzene rings is 1. The fourth-order valence-corrected chi connectivity index (χ4v) is 2.77. The summed E-state index contributed by atoms with van der Waals surface area (Å²) in [7, 11) is 1.85. The van der Waals surface area contributed by atoms with E-state index in [1.165, 1.54) is 16.9 Å². The molecule has 0 aliphatic carbocycles. The monoisotopic (exact) mass is 233 g/mol. The predicted octanol–water partition coefficient (Wildman–Crippen LogP) is 3.41. The molecule has 1 N–H and O–H groups in total. The summed E-state index contributed by atoms with van der Waals surface area (Å²) in [4.78, 5) is 11.4. The first-order valence-electron chi connectivity index (χ1n) is 5.36. The number of hydrogen-bond donors (Lipinski definition) is 1. The Morgan fingerprint density at radius 3 is 2.81 bits per heavy atom. The van der Waals surface area contributed by atoms with E-state index in [4.69, 9.17) is 0 Å². The van der Waals surface area contributed by atoms with Crippen molar-refractivity contribution in [1.82, 2.24) is 0 Å². The van der Waals surface area contributed by atoms with Crippen LogP contribution >= 0.6 is 11.8 Å². The van der Waals surface area contributed by atoms with Gasteiger partial charge in [0.15, 0.2) is 5.78 Å². The normalized spacial score (nSPS) is 14.8. The molecule has 1 heterocycles. The molecule has 0 aromatic heterocycles. The van der Waals surface area contributed by atoms with Gasteiger partial charge in [-0.2, -0.15) is 0 Å². The second-order valence-electron chi connectivity index (χ2n) is 3.83. The molecule has 0 spiro atoms. The van der Waals surface area contributed by atoms with Crippen molar-refractivity contribution in [3.05, 3.63) is 34.7 Å². The molecule has 1 aliphatic heterocycles. The topological polar surface area (TPSA) is 29.1 Å². The van der Waals surface area contributed by atoms with E-state index in [1.54, 1.807) is 6.92 Å². The van der Waals surface area contributed by atoms with Crippen LogP contribution in [0.1, 0.15) is 29.3 Å². The molecule has 2 rings (SSSR count). The van der Waals surface area contributed by atoms with E-state index in [9.17, 15) is 4.79 Å². The number of thioether (sulfide) groups is 1. The van der Waals surface area contributed by atoms with Crippen LogP contribution in [0.5, 0.6) is 0 Å². The van der Waals surface area contributed by atoms with Crippen molar-refractivity contribution in [3.63, 3.8) is 0 Å². The number of carbonyl (C=O) groups is 1. The Labute approximate surface area is 100 Å². The van der Waals surface area contributed by atoms with Gasteiger partial charge in [-0.25, -0.2) is 0 Å². The van der Waals surface area contributed by atoms with E-state index in [0.29, 0.717) is 0 Å². The van der Waals surface area contributed by atoms with Crippen molar-refractivity contribution in [2.45, 2.75) is 13.3 Å². The van der Waals surface area contributed by atoms with Crippen LogP contribution in [-0.4, -0.2) is 18.6 Å². The summed E-state index contributed by atoms with van der Waals surface area (Å²) in [5.41, 5.74) is 4.27. The van der Waals surface area contributed by atoms with Crippen molar-refractivity contribution in [2.75, 3.05) is 18.1 Å². The highest BCUT2D eigenvalue weighted by Gasteiger charge is 2.11. The zero-order valence-electron chi connectivity index (χ0n) is 9.54. The zero-order chi connectivity index (χ0) is 11.5. The van der Waals surface area contributed by atoms with E-state index in [2.05, 4.69) is 16.8 Å². The SMILES string of the molecule is CNc1cc(C2=CSCC2)ccc1C(C)=O. The van der Waals surface area contributed by atoms with Crippen molar-refractivity contribution in [2.24, 2.45) is 0 Å². The van der Waals surface area contributed by atoms with Crippen molar-refractivity contribution < 1.29 is 4.79 Å². The van der Waals surface area contributed by atoms with Gasteiger partial charge >= 0.3 is 0 Å². The number of hydrogen-bond acceptors (Lipinski definition) is 3. The number of rotatable bonds is 3. The van der Waals surface area contributed by atoms with Crippen molar-refractivity contribution >= 4 is 28.8 Å². The molecule has 0 fully saturated rings. The molecule has 0 amide bonds. The van der Waals surface area contributed by atoms with Gasteiger partial charge in [-0.3, -0.25) is 4.79 Å². The quantitative estimate of drug-likeness (QED) is 0.811. The number of nitrogens with one attached hydrogen (secondary N) is 1. The predicted molar refractivity (Wildman–Crippen MR) is 71.0 cm³/mol. The number of ketones is 1. The zero-order valence-corrected chi connectivity index (χ0v) is 10.4. The summed E-state index contributed by atoms with van der Waals surface area (Å²) in [5, 5.41) is 5.30. The Hall–Kier alpha value is -1.22. The Bertz CT molecular complexity index is 451. The third-order valence-corrected chi connectivity index (χ3v) is 3.64. The summed E-state index contributed by atoms with van der Waals surface area (Å²) in [6.45, 7) is 1.60. The maximum absolute atomic E-state index is 11.4. The maximum atomic E-state index is 11.4. The Balaban J connectivity index is 2.40. The summed E-state index contributed by atoms with van der Waals surface area (Å²) in [6.07, 6.45) is 1.12. The number of carbonyl (C=O) groups excluding carboxylic acids is 1. The molecule has 84 valence electrons. The standard InChI is InChI=1S/C13H15NOS/c1-9(15)12-4-3-10(7-13(12)14-2)11-5-6-16-8-11/h3-4,7-8,14H,5-6H2,1-2H3. The lowest BCUT2D eigenvalue weighted by molar-refractivity contribution is 0.101. The van der Waals surface area contributed by atoms with Gasteiger partial charge in [0.05, 0.1) is 0 Å². The highest BCUT2D eigenvalue weighted by Crippen LogP contribution is 2.32. The second kappa shape index (κ2) is 4.74. The fraction of sp³-hybridized carbons (Fsp3) is 0.308. The first-order valence-corrected chi connectivity index (χ1v) is 6.41. The average Bonchev–Trinajstić information content (AvgIpc) is 2.81.